The zero-order valence-corrected chi connectivity index (χ0v) is 13.0. The van der Waals surface area contributed by atoms with E-state index in [0.717, 1.165) is 19.0 Å². The lowest BCUT2D eigenvalue weighted by molar-refractivity contribution is 0.156. The average molecular weight is 292 g/mol. The fraction of sp³-hybridized carbons (Fsp3) is 0.400. The Morgan fingerprint density at radius 1 is 0.864 bits per heavy atom. The molecule has 0 bridgehead atoms. The molecule has 2 heteroatoms. The summed E-state index contributed by atoms with van der Waals surface area (Å²) in [7, 11) is 0. The molecule has 1 aliphatic heterocycles. The first kappa shape index (κ1) is 14.0. The molecule has 2 aliphatic rings. The van der Waals surface area contributed by atoms with Crippen LogP contribution in [0.5, 0.6) is 0 Å². The maximum absolute atomic E-state index is 3.48. The fourth-order valence-electron chi connectivity index (χ4n) is 3.69. The molecule has 0 spiro atoms. The largest absolute Gasteiger partial charge is 0.314 e. The molecular weight excluding hydrogens is 268 g/mol. The number of nitrogens with zero attached hydrogens (tertiary/aromatic N) is 1. The van der Waals surface area contributed by atoms with Gasteiger partial charge in [-0.15, -0.1) is 0 Å². The first-order chi connectivity index (χ1) is 10.9. The third kappa shape index (κ3) is 2.94. The summed E-state index contributed by atoms with van der Waals surface area (Å²) in [6.07, 6.45) is 2.79. The standard InChI is InChI=1S/C20H24N2/c1-2-5-16(6-3-1)18-7-4-8-19(15-18)20(17-9-10-17)22-13-11-21-12-14-22/h1-8,15,17,20-21H,9-14H2/t20-/m0/s1. The second-order valence-corrected chi connectivity index (χ2v) is 6.56. The monoisotopic (exact) mass is 292 g/mol. The molecule has 2 aromatic carbocycles. The average Bonchev–Trinajstić information content (AvgIpc) is 3.42. The second-order valence-electron chi connectivity index (χ2n) is 6.56. The molecule has 4 rings (SSSR count). The second kappa shape index (κ2) is 6.23. The maximum Gasteiger partial charge on any atom is 0.0377 e. The van der Waals surface area contributed by atoms with Crippen LogP contribution in [0.15, 0.2) is 54.6 Å². The number of benzene rings is 2. The van der Waals surface area contributed by atoms with E-state index < -0.39 is 0 Å². The van der Waals surface area contributed by atoms with Crippen LogP contribution in [0.1, 0.15) is 24.4 Å². The summed E-state index contributed by atoms with van der Waals surface area (Å²) in [5.41, 5.74) is 4.17. The van der Waals surface area contributed by atoms with Gasteiger partial charge in [0.05, 0.1) is 0 Å². The third-order valence-corrected chi connectivity index (χ3v) is 4.95. The van der Waals surface area contributed by atoms with Gasteiger partial charge in [0, 0.05) is 32.2 Å². The molecule has 0 aromatic heterocycles. The van der Waals surface area contributed by atoms with Crippen LogP contribution in [-0.4, -0.2) is 31.1 Å². The van der Waals surface area contributed by atoms with Gasteiger partial charge in [-0.05, 0) is 41.5 Å². The molecule has 0 amide bonds. The van der Waals surface area contributed by atoms with Crippen molar-refractivity contribution in [3.63, 3.8) is 0 Å². The molecule has 1 saturated heterocycles. The summed E-state index contributed by atoms with van der Waals surface area (Å²) in [4.78, 5) is 2.69. The van der Waals surface area contributed by atoms with Crippen molar-refractivity contribution in [3.05, 3.63) is 60.2 Å². The molecule has 1 N–H and O–H groups in total. The van der Waals surface area contributed by atoms with Crippen LogP contribution in [0.4, 0.5) is 0 Å². The number of rotatable bonds is 4. The Hall–Kier alpha value is -1.64. The molecule has 1 aliphatic carbocycles. The normalized spacial score (nSPS) is 20.7. The molecule has 22 heavy (non-hydrogen) atoms. The lowest BCUT2D eigenvalue weighted by Gasteiger charge is -2.35. The van der Waals surface area contributed by atoms with E-state index in [1.165, 1.54) is 42.6 Å². The number of piperazine rings is 1. The summed E-state index contributed by atoms with van der Waals surface area (Å²) in [5.74, 6) is 0.865. The van der Waals surface area contributed by atoms with E-state index in [2.05, 4.69) is 64.8 Å². The predicted octanol–water partition coefficient (Wildman–Crippen LogP) is 3.71. The van der Waals surface area contributed by atoms with Crippen molar-refractivity contribution in [1.29, 1.82) is 0 Å². The van der Waals surface area contributed by atoms with Crippen molar-refractivity contribution in [3.8, 4) is 11.1 Å². The van der Waals surface area contributed by atoms with E-state index >= 15 is 0 Å². The van der Waals surface area contributed by atoms with Crippen molar-refractivity contribution in [2.45, 2.75) is 18.9 Å². The van der Waals surface area contributed by atoms with Crippen LogP contribution in [0.3, 0.4) is 0 Å². The highest BCUT2D eigenvalue weighted by molar-refractivity contribution is 5.64. The van der Waals surface area contributed by atoms with Crippen LogP contribution >= 0.6 is 0 Å². The third-order valence-electron chi connectivity index (χ3n) is 4.95. The van der Waals surface area contributed by atoms with E-state index in [4.69, 9.17) is 0 Å². The molecule has 1 saturated carbocycles. The minimum Gasteiger partial charge on any atom is -0.314 e. The van der Waals surface area contributed by atoms with E-state index in [0.29, 0.717) is 6.04 Å². The molecular formula is C20H24N2. The van der Waals surface area contributed by atoms with Crippen molar-refractivity contribution >= 4 is 0 Å². The molecule has 0 unspecified atom stereocenters. The molecule has 114 valence electrons. The summed E-state index contributed by atoms with van der Waals surface area (Å²) in [6, 6.07) is 20.6. The number of nitrogens with one attached hydrogen (secondary N) is 1. The lowest BCUT2D eigenvalue weighted by atomic mass is 9.95. The van der Waals surface area contributed by atoms with Crippen LogP contribution in [-0.2, 0) is 0 Å². The van der Waals surface area contributed by atoms with Crippen LogP contribution in [0.25, 0.3) is 11.1 Å². The first-order valence-corrected chi connectivity index (χ1v) is 8.52. The smallest absolute Gasteiger partial charge is 0.0377 e. The van der Waals surface area contributed by atoms with Gasteiger partial charge in [0.2, 0.25) is 0 Å². The minimum atomic E-state index is 0.616. The molecule has 2 aromatic rings. The minimum absolute atomic E-state index is 0.616. The van der Waals surface area contributed by atoms with Crippen molar-refractivity contribution < 1.29 is 0 Å². The first-order valence-electron chi connectivity index (χ1n) is 8.52. The summed E-state index contributed by atoms with van der Waals surface area (Å²) >= 11 is 0. The van der Waals surface area contributed by atoms with Gasteiger partial charge in [-0.1, -0.05) is 48.5 Å². The van der Waals surface area contributed by atoms with E-state index in [1.54, 1.807) is 0 Å². The van der Waals surface area contributed by atoms with Crippen molar-refractivity contribution in [1.82, 2.24) is 10.2 Å². The van der Waals surface area contributed by atoms with Gasteiger partial charge >= 0.3 is 0 Å². The Morgan fingerprint density at radius 2 is 1.59 bits per heavy atom. The Morgan fingerprint density at radius 3 is 2.32 bits per heavy atom. The Balaban J connectivity index is 1.65. The maximum atomic E-state index is 3.48. The number of hydrogen-bond donors (Lipinski definition) is 1. The van der Waals surface area contributed by atoms with Crippen LogP contribution in [0.2, 0.25) is 0 Å². The summed E-state index contributed by atoms with van der Waals surface area (Å²) in [5, 5.41) is 3.48. The van der Waals surface area contributed by atoms with Gasteiger partial charge in [-0.25, -0.2) is 0 Å². The zero-order chi connectivity index (χ0) is 14.8. The molecule has 2 nitrogen and oxygen atoms in total. The van der Waals surface area contributed by atoms with Gasteiger partial charge in [-0.3, -0.25) is 4.90 Å². The SMILES string of the molecule is c1ccc(-c2cccc([C@H](C3CC3)N3CCNCC3)c2)cc1. The Kier molecular flexibility index (Phi) is 3.96. The zero-order valence-electron chi connectivity index (χ0n) is 13.0. The van der Waals surface area contributed by atoms with Crippen LogP contribution < -0.4 is 5.32 Å². The Labute approximate surface area is 133 Å². The summed E-state index contributed by atoms with van der Waals surface area (Å²) < 4.78 is 0. The molecule has 1 heterocycles. The van der Waals surface area contributed by atoms with Crippen molar-refractivity contribution in [2.75, 3.05) is 26.2 Å². The predicted molar refractivity (Wildman–Crippen MR) is 91.8 cm³/mol. The van der Waals surface area contributed by atoms with Gasteiger partial charge < -0.3 is 5.32 Å². The van der Waals surface area contributed by atoms with Crippen LogP contribution in [0, 0.1) is 5.92 Å². The van der Waals surface area contributed by atoms with Gasteiger partial charge in [0.15, 0.2) is 0 Å². The van der Waals surface area contributed by atoms with Gasteiger partial charge in [0.25, 0.3) is 0 Å². The highest BCUT2D eigenvalue weighted by Gasteiger charge is 2.36. The lowest BCUT2D eigenvalue weighted by Crippen LogP contribution is -2.45. The topological polar surface area (TPSA) is 15.3 Å². The number of hydrogen-bond acceptors (Lipinski definition) is 2. The Bertz CT molecular complexity index is 613. The summed E-state index contributed by atoms with van der Waals surface area (Å²) in [6.45, 7) is 4.61. The molecule has 0 radical (unpaired) electrons. The highest BCUT2D eigenvalue weighted by Crippen LogP contribution is 2.45. The van der Waals surface area contributed by atoms with Crippen molar-refractivity contribution in [2.24, 2.45) is 5.92 Å². The molecule has 2 fully saturated rings. The van der Waals surface area contributed by atoms with Gasteiger partial charge in [-0.2, -0.15) is 0 Å². The van der Waals surface area contributed by atoms with E-state index in [-0.39, 0.29) is 0 Å². The van der Waals surface area contributed by atoms with E-state index in [1.807, 2.05) is 0 Å². The van der Waals surface area contributed by atoms with E-state index in [9.17, 15) is 0 Å². The van der Waals surface area contributed by atoms with Gasteiger partial charge in [0.1, 0.15) is 0 Å². The quantitative estimate of drug-likeness (QED) is 0.924. The highest BCUT2D eigenvalue weighted by atomic mass is 15.2. The fourth-order valence-corrected chi connectivity index (χ4v) is 3.69. The molecule has 1 atom stereocenters.